The SMILES string of the molecule is COC(=O)C12C3CC[C@@H](C[C@H]1O)[C@H]32. The molecule has 0 amide bonds. The van der Waals surface area contributed by atoms with Gasteiger partial charge in [-0.2, -0.15) is 0 Å². The molecule has 3 aliphatic rings. The Morgan fingerprint density at radius 1 is 1.54 bits per heavy atom. The number of aliphatic hydroxyl groups excluding tert-OH is 1. The van der Waals surface area contributed by atoms with E-state index in [-0.39, 0.29) is 5.97 Å². The molecule has 2 unspecified atom stereocenters. The Kier molecular flexibility index (Phi) is 1.25. The Labute approximate surface area is 77.1 Å². The first-order valence-electron chi connectivity index (χ1n) is 4.99. The number of methoxy groups -OCH3 is 1. The van der Waals surface area contributed by atoms with Gasteiger partial charge >= 0.3 is 5.97 Å². The average Bonchev–Trinajstić information content (AvgIpc) is 2.55. The highest BCUT2D eigenvalue weighted by molar-refractivity contribution is 5.83. The summed E-state index contributed by atoms with van der Waals surface area (Å²) in [5.74, 6) is 1.32. The Morgan fingerprint density at radius 2 is 2.31 bits per heavy atom. The molecule has 3 saturated carbocycles. The molecule has 1 N–H and O–H groups in total. The van der Waals surface area contributed by atoms with E-state index in [1.807, 2.05) is 0 Å². The zero-order chi connectivity index (χ0) is 9.22. The van der Waals surface area contributed by atoms with Gasteiger partial charge in [-0.25, -0.2) is 0 Å². The highest BCUT2D eigenvalue weighted by Crippen LogP contribution is 2.77. The summed E-state index contributed by atoms with van der Waals surface area (Å²) >= 11 is 0. The third-order valence-corrected chi connectivity index (χ3v) is 4.46. The third-order valence-electron chi connectivity index (χ3n) is 4.46. The van der Waals surface area contributed by atoms with E-state index in [1.54, 1.807) is 0 Å². The molecule has 0 heterocycles. The molecule has 0 saturated heterocycles. The van der Waals surface area contributed by atoms with E-state index in [0.717, 1.165) is 12.8 Å². The van der Waals surface area contributed by atoms with Crippen molar-refractivity contribution in [2.24, 2.45) is 23.2 Å². The number of esters is 1. The lowest BCUT2D eigenvalue weighted by molar-refractivity contribution is -0.152. The Bertz CT molecular complexity index is 271. The van der Waals surface area contributed by atoms with Gasteiger partial charge in [0.15, 0.2) is 0 Å². The molecule has 5 atom stereocenters. The molecule has 72 valence electrons. The second kappa shape index (κ2) is 2.08. The fraction of sp³-hybridized carbons (Fsp3) is 0.900. The van der Waals surface area contributed by atoms with Crippen molar-refractivity contribution in [3.8, 4) is 0 Å². The van der Waals surface area contributed by atoms with Gasteiger partial charge in [-0.15, -0.1) is 0 Å². The van der Waals surface area contributed by atoms with Crippen molar-refractivity contribution in [3.63, 3.8) is 0 Å². The van der Waals surface area contributed by atoms with Crippen molar-refractivity contribution < 1.29 is 14.6 Å². The average molecular weight is 182 g/mol. The van der Waals surface area contributed by atoms with Gasteiger partial charge in [0.2, 0.25) is 0 Å². The lowest BCUT2D eigenvalue weighted by Gasteiger charge is -2.16. The topological polar surface area (TPSA) is 46.5 Å². The molecule has 0 aromatic rings. The van der Waals surface area contributed by atoms with Crippen LogP contribution in [-0.2, 0) is 9.53 Å². The number of carbonyl (C=O) groups excluding carboxylic acids is 1. The fourth-order valence-electron chi connectivity index (χ4n) is 4.04. The number of fused-ring (bicyclic) bond motifs is 1. The van der Waals surface area contributed by atoms with E-state index >= 15 is 0 Å². The second-order valence-electron chi connectivity index (χ2n) is 4.65. The molecule has 3 heteroatoms. The van der Waals surface area contributed by atoms with E-state index in [1.165, 1.54) is 13.5 Å². The molecule has 0 aromatic carbocycles. The summed E-state index contributed by atoms with van der Waals surface area (Å²) < 4.78 is 4.80. The first kappa shape index (κ1) is 7.80. The van der Waals surface area contributed by atoms with Crippen LogP contribution in [0, 0.1) is 23.2 Å². The van der Waals surface area contributed by atoms with Crippen LogP contribution >= 0.6 is 0 Å². The summed E-state index contributed by atoms with van der Waals surface area (Å²) in [5, 5.41) is 9.87. The van der Waals surface area contributed by atoms with Crippen LogP contribution < -0.4 is 0 Å². The predicted octanol–water partition coefficient (Wildman–Crippen LogP) is 0.566. The van der Waals surface area contributed by atoms with Crippen molar-refractivity contribution >= 4 is 5.97 Å². The fourth-order valence-corrected chi connectivity index (χ4v) is 4.04. The summed E-state index contributed by atoms with van der Waals surface area (Å²) in [6.45, 7) is 0. The summed E-state index contributed by atoms with van der Waals surface area (Å²) in [6.07, 6.45) is 2.70. The van der Waals surface area contributed by atoms with E-state index in [0.29, 0.717) is 17.8 Å². The molecule has 0 radical (unpaired) electrons. The maximum Gasteiger partial charge on any atom is 0.315 e. The normalized spacial score (nSPS) is 56.2. The van der Waals surface area contributed by atoms with E-state index in [4.69, 9.17) is 4.74 Å². The Hall–Kier alpha value is -0.570. The molecule has 3 rings (SSSR count). The zero-order valence-electron chi connectivity index (χ0n) is 7.69. The smallest absolute Gasteiger partial charge is 0.315 e. The summed E-state index contributed by atoms with van der Waals surface area (Å²) in [7, 11) is 1.42. The molecular formula is C10H14O3. The lowest BCUT2D eigenvalue weighted by atomic mass is 9.96. The van der Waals surface area contributed by atoms with Gasteiger partial charge in [0.1, 0.15) is 5.41 Å². The van der Waals surface area contributed by atoms with Crippen molar-refractivity contribution in [2.75, 3.05) is 7.11 Å². The van der Waals surface area contributed by atoms with Crippen LogP contribution in [0.1, 0.15) is 19.3 Å². The molecule has 0 aliphatic heterocycles. The third kappa shape index (κ3) is 0.622. The minimum atomic E-state index is -0.461. The first-order valence-corrected chi connectivity index (χ1v) is 4.99. The van der Waals surface area contributed by atoms with Crippen LogP contribution in [-0.4, -0.2) is 24.3 Å². The zero-order valence-corrected chi connectivity index (χ0v) is 7.69. The molecule has 0 aromatic heterocycles. The van der Waals surface area contributed by atoms with Crippen LogP contribution in [0.2, 0.25) is 0 Å². The minimum absolute atomic E-state index is 0.169. The van der Waals surface area contributed by atoms with Crippen molar-refractivity contribution in [3.05, 3.63) is 0 Å². The van der Waals surface area contributed by atoms with E-state index < -0.39 is 11.5 Å². The van der Waals surface area contributed by atoms with Crippen molar-refractivity contribution in [1.29, 1.82) is 0 Å². The van der Waals surface area contributed by atoms with Gasteiger partial charge in [0.25, 0.3) is 0 Å². The summed E-state index contributed by atoms with van der Waals surface area (Å²) in [5.41, 5.74) is -0.461. The maximum atomic E-state index is 11.6. The molecule has 0 spiro atoms. The van der Waals surface area contributed by atoms with Gasteiger partial charge in [-0.1, -0.05) is 0 Å². The molecule has 13 heavy (non-hydrogen) atoms. The van der Waals surface area contributed by atoms with Crippen molar-refractivity contribution in [2.45, 2.75) is 25.4 Å². The monoisotopic (exact) mass is 182 g/mol. The van der Waals surface area contributed by atoms with Crippen molar-refractivity contribution in [1.82, 2.24) is 0 Å². The minimum Gasteiger partial charge on any atom is -0.469 e. The molecule has 3 nitrogen and oxygen atoms in total. The lowest BCUT2D eigenvalue weighted by Crippen LogP contribution is -2.31. The van der Waals surface area contributed by atoms with Gasteiger partial charge < -0.3 is 9.84 Å². The number of hydrogen-bond acceptors (Lipinski definition) is 3. The second-order valence-corrected chi connectivity index (χ2v) is 4.65. The maximum absolute atomic E-state index is 11.6. The van der Waals surface area contributed by atoms with Crippen LogP contribution in [0.4, 0.5) is 0 Å². The van der Waals surface area contributed by atoms with Crippen LogP contribution in [0.5, 0.6) is 0 Å². The largest absolute Gasteiger partial charge is 0.469 e. The summed E-state index contributed by atoms with van der Waals surface area (Å²) in [6, 6.07) is 0. The number of hydrogen-bond donors (Lipinski definition) is 1. The van der Waals surface area contributed by atoms with Gasteiger partial charge in [0, 0.05) is 0 Å². The predicted molar refractivity (Wildman–Crippen MR) is 44.8 cm³/mol. The molecule has 3 fully saturated rings. The van der Waals surface area contributed by atoms with Gasteiger partial charge in [0.05, 0.1) is 13.2 Å². The van der Waals surface area contributed by atoms with Crippen LogP contribution in [0.25, 0.3) is 0 Å². The summed E-state index contributed by atoms with van der Waals surface area (Å²) in [4.78, 5) is 11.6. The number of aliphatic hydroxyl groups is 1. The molecule has 3 aliphatic carbocycles. The molecule has 0 bridgehead atoms. The van der Waals surface area contributed by atoms with E-state index in [9.17, 15) is 9.90 Å². The highest BCUT2D eigenvalue weighted by Gasteiger charge is 2.81. The van der Waals surface area contributed by atoms with Crippen LogP contribution in [0.15, 0.2) is 0 Å². The van der Waals surface area contributed by atoms with E-state index in [2.05, 4.69) is 0 Å². The van der Waals surface area contributed by atoms with Gasteiger partial charge in [-0.05, 0) is 37.0 Å². The number of carbonyl (C=O) groups is 1. The van der Waals surface area contributed by atoms with Crippen LogP contribution in [0.3, 0.4) is 0 Å². The van der Waals surface area contributed by atoms with Gasteiger partial charge in [-0.3, -0.25) is 4.79 Å². The number of rotatable bonds is 1. The first-order chi connectivity index (χ1) is 6.22. The number of ether oxygens (including phenoxy) is 1. The quantitative estimate of drug-likeness (QED) is 0.603. The standard InChI is InChI=1S/C10H14O3/c1-13-9(12)10-6-3-2-5(8(6)10)4-7(10)11/h5-8,11H,2-4H2,1H3/t5-,6?,7+,8+,10?/m0/s1. The highest BCUT2D eigenvalue weighted by atomic mass is 16.5. The Balaban J connectivity index is 1.97. The molecular weight excluding hydrogens is 168 g/mol. The Morgan fingerprint density at radius 3 is 2.92 bits per heavy atom.